The maximum absolute atomic E-state index is 12.0. The monoisotopic (exact) mass is 355 g/mol. The van der Waals surface area contributed by atoms with Crippen LogP contribution in [0.5, 0.6) is 5.75 Å². The molecule has 25 heavy (non-hydrogen) atoms. The molecule has 0 bridgehead atoms. The van der Waals surface area contributed by atoms with Crippen LogP contribution in [0, 0.1) is 0 Å². The molecule has 5 nitrogen and oxygen atoms in total. The van der Waals surface area contributed by atoms with E-state index in [4.69, 9.17) is 4.74 Å². The van der Waals surface area contributed by atoms with Gasteiger partial charge in [-0.2, -0.15) is 0 Å². The van der Waals surface area contributed by atoms with Crippen LogP contribution in [0.1, 0.15) is 17.7 Å². The summed E-state index contributed by atoms with van der Waals surface area (Å²) in [5.41, 5.74) is 1.60. The first kappa shape index (κ1) is 17.4. The molecule has 0 saturated heterocycles. The minimum Gasteiger partial charge on any atom is -0.494 e. The molecule has 0 amide bonds. The molecule has 0 aliphatic carbocycles. The Bertz CT molecular complexity index is 928. The fourth-order valence-electron chi connectivity index (χ4n) is 2.41. The molecule has 0 spiro atoms. The Morgan fingerprint density at radius 1 is 1.28 bits per heavy atom. The van der Waals surface area contributed by atoms with Crippen molar-refractivity contribution in [2.45, 2.75) is 6.42 Å². The quantitative estimate of drug-likeness (QED) is 0.611. The zero-order valence-corrected chi connectivity index (χ0v) is 15.2. The first-order chi connectivity index (χ1) is 12.1. The third kappa shape index (κ3) is 4.78. The number of nitrogens with zero attached hydrogens (tertiary/aromatic N) is 3. The van der Waals surface area contributed by atoms with Crippen LogP contribution in [0.4, 0.5) is 0 Å². The van der Waals surface area contributed by atoms with E-state index in [2.05, 4.69) is 24.0 Å². The van der Waals surface area contributed by atoms with Gasteiger partial charge in [-0.25, -0.2) is 4.98 Å². The van der Waals surface area contributed by atoms with Gasteiger partial charge >= 0.3 is 0 Å². The molecule has 3 aromatic rings. The van der Waals surface area contributed by atoms with Crippen molar-refractivity contribution in [2.24, 2.45) is 0 Å². The van der Waals surface area contributed by atoms with Crippen molar-refractivity contribution in [1.82, 2.24) is 14.3 Å². The first-order valence-corrected chi connectivity index (χ1v) is 9.02. The highest BCUT2D eigenvalue weighted by atomic mass is 32.1. The second kappa shape index (κ2) is 8.09. The summed E-state index contributed by atoms with van der Waals surface area (Å²) in [4.78, 5) is 19.3. The Hall–Kier alpha value is -2.44. The van der Waals surface area contributed by atoms with Crippen LogP contribution in [-0.4, -0.2) is 41.5 Å². The molecule has 1 aromatic carbocycles. The van der Waals surface area contributed by atoms with Crippen molar-refractivity contribution >= 4 is 28.4 Å². The largest absolute Gasteiger partial charge is 0.494 e. The lowest BCUT2D eigenvalue weighted by atomic mass is 10.2. The summed E-state index contributed by atoms with van der Waals surface area (Å²) >= 11 is 1.45. The van der Waals surface area contributed by atoms with E-state index >= 15 is 0 Å². The number of fused-ring (bicyclic) bond motifs is 1. The minimum atomic E-state index is -0.0659. The van der Waals surface area contributed by atoms with Gasteiger partial charge in [-0.3, -0.25) is 9.20 Å². The van der Waals surface area contributed by atoms with E-state index in [1.807, 2.05) is 41.8 Å². The van der Waals surface area contributed by atoms with Crippen LogP contribution in [0.15, 0.2) is 46.7 Å². The topological polar surface area (TPSA) is 46.8 Å². The van der Waals surface area contributed by atoms with Crippen molar-refractivity contribution < 1.29 is 4.74 Å². The number of thiazole rings is 1. The Balaban J connectivity index is 1.68. The van der Waals surface area contributed by atoms with Crippen LogP contribution in [-0.2, 0) is 0 Å². The molecule has 0 aliphatic rings. The number of hydrogen-bond acceptors (Lipinski definition) is 5. The van der Waals surface area contributed by atoms with Crippen molar-refractivity contribution in [2.75, 3.05) is 27.2 Å². The third-order valence-corrected chi connectivity index (χ3v) is 4.40. The van der Waals surface area contributed by atoms with E-state index in [0.717, 1.165) is 24.3 Å². The highest BCUT2D eigenvalue weighted by Crippen LogP contribution is 2.16. The molecule has 0 atom stereocenters. The smallest absolute Gasteiger partial charge is 0.259 e. The molecule has 0 fully saturated rings. The van der Waals surface area contributed by atoms with Crippen LogP contribution in [0.2, 0.25) is 0 Å². The molecule has 0 saturated carbocycles. The van der Waals surface area contributed by atoms with Crippen LogP contribution < -0.4 is 10.3 Å². The summed E-state index contributed by atoms with van der Waals surface area (Å²) in [6, 6.07) is 9.45. The van der Waals surface area contributed by atoms with Gasteiger partial charge < -0.3 is 9.64 Å². The van der Waals surface area contributed by atoms with E-state index in [9.17, 15) is 4.79 Å². The van der Waals surface area contributed by atoms with E-state index < -0.39 is 0 Å². The zero-order valence-electron chi connectivity index (χ0n) is 14.4. The molecule has 2 aromatic heterocycles. The second-order valence-electron chi connectivity index (χ2n) is 5.99. The Morgan fingerprint density at radius 2 is 2.16 bits per heavy atom. The molecule has 130 valence electrons. The minimum absolute atomic E-state index is 0.0659. The number of hydrogen-bond donors (Lipinski definition) is 0. The van der Waals surface area contributed by atoms with Gasteiger partial charge in [0.2, 0.25) is 0 Å². The van der Waals surface area contributed by atoms with Gasteiger partial charge in [0.1, 0.15) is 5.75 Å². The predicted octanol–water partition coefficient (Wildman–Crippen LogP) is 3.26. The Labute approximate surface area is 150 Å². The maximum atomic E-state index is 12.0. The van der Waals surface area contributed by atoms with Crippen molar-refractivity contribution in [3.05, 3.63) is 63.5 Å². The summed E-state index contributed by atoms with van der Waals surface area (Å²) in [6.07, 6.45) is 6.52. The maximum Gasteiger partial charge on any atom is 0.259 e. The normalized spacial score (nSPS) is 11.6. The molecule has 0 radical (unpaired) electrons. The summed E-state index contributed by atoms with van der Waals surface area (Å²) < 4.78 is 7.33. The lowest BCUT2D eigenvalue weighted by Crippen LogP contribution is -2.15. The first-order valence-electron chi connectivity index (χ1n) is 8.14. The fraction of sp³-hybridized carbons (Fsp3) is 0.263. The van der Waals surface area contributed by atoms with Crippen LogP contribution >= 0.6 is 11.3 Å². The highest BCUT2D eigenvalue weighted by molar-refractivity contribution is 7.15. The van der Waals surface area contributed by atoms with Crippen LogP contribution in [0.25, 0.3) is 17.1 Å². The molecule has 2 heterocycles. The lowest BCUT2D eigenvalue weighted by Gasteiger charge is -2.10. The van der Waals surface area contributed by atoms with Gasteiger partial charge in [-0.05, 0) is 44.3 Å². The van der Waals surface area contributed by atoms with Gasteiger partial charge in [-0.1, -0.05) is 18.2 Å². The second-order valence-corrected chi connectivity index (χ2v) is 6.86. The highest BCUT2D eigenvalue weighted by Gasteiger charge is 2.01. The number of benzene rings is 1. The third-order valence-electron chi connectivity index (χ3n) is 3.65. The summed E-state index contributed by atoms with van der Waals surface area (Å²) in [5.74, 6) is 0.850. The number of ether oxygens (including phenoxy) is 1. The molecular weight excluding hydrogens is 334 g/mol. The molecule has 0 aliphatic heterocycles. The molecular formula is C19H21N3O2S. The molecule has 0 unspecified atom stereocenters. The van der Waals surface area contributed by atoms with Gasteiger partial charge in [-0.15, -0.1) is 11.3 Å². The average molecular weight is 355 g/mol. The van der Waals surface area contributed by atoms with E-state index in [0.29, 0.717) is 17.3 Å². The fourth-order valence-corrected chi connectivity index (χ4v) is 3.13. The average Bonchev–Trinajstić information content (AvgIpc) is 3.06. The van der Waals surface area contributed by atoms with Gasteiger partial charge in [0.25, 0.3) is 5.56 Å². The van der Waals surface area contributed by atoms with Crippen molar-refractivity contribution in [1.29, 1.82) is 0 Å². The van der Waals surface area contributed by atoms with Gasteiger partial charge in [0, 0.05) is 24.2 Å². The predicted molar refractivity (Wildman–Crippen MR) is 103 cm³/mol. The number of rotatable bonds is 7. The SMILES string of the molecule is CN(C)CCCOc1cccc(/C=C/c2cc(=O)n3ccsc3n2)c1. The Morgan fingerprint density at radius 3 is 3.00 bits per heavy atom. The Kier molecular flexibility index (Phi) is 5.63. The van der Waals surface area contributed by atoms with Crippen molar-refractivity contribution in [3.63, 3.8) is 0 Å². The lowest BCUT2D eigenvalue weighted by molar-refractivity contribution is 0.281. The molecule has 3 rings (SSSR count). The van der Waals surface area contributed by atoms with E-state index in [1.165, 1.54) is 17.4 Å². The summed E-state index contributed by atoms with van der Waals surface area (Å²) in [6.45, 7) is 1.70. The van der Waals surface area contributed by atoms with Crippen molar-refractivity contribution in [3.8, 4) is 5.75 Å². The summed E-state index contributed by atoms with van der Waals surface area (Å²) in [5, 5.41) is 1.86. The number of aromatic nitrogens is 2. The van der Waals surface area contributed by atoms with Gasteiger partial charge in [0.05, 0.1) is 12.3 Å². The molecule has 6 heteroatoms. The zero-order chi connectivity index (χ0) is 17.6. The van der Waals surface area contributed by atoms with E-state index in [1.54, 1.807) is 10.6 Å². The van der Waals surface area contributed by atoms with Crippen LogP contribution in [0.3, 0.4) is 0 Å². The molecule has 0 N–H and O–H groups in total. The van der Waals surface area contributed by atoms with E-state index in [-0.39, 0.29) is 5.56 Å². The standard InChI is InChI=1S/C19H21N3O2S/c1-21(2)9-4-11-24-17-6-3-5-15(13-17)7-8-16-14-18(23)22-10-12-25-19(22)20-16/h3,5-8,10,12-14H,4,9,11H2,1-2H3/b8-7+. The summed E-state index contributed by atoms with van der Waals surface area (Å²) in [7, 11) is 4.11. The van der Waals surface area contributed by atoms with Gasteiger partial charge in [0.15, 0.2) is 4.96 Å².